The fourth-order valence-corrected chi connectivity index (χ4v) is 1.44. The number of ether oxygens (including phenoxy) is 2. The first kappa shape index (κ1) is 12.3. The van der Waals surface area contributed by atoms with Crippen molar-refractivity contribution in [2.45, 2.75) is 26.6 Å². The molecule has 0 bridgehead atoms. The number of rotatable bonds is 7. The fraction of sp³-hybridized carbons (Fsp3) is 0.750. The van der Waals surface area contributed by atoms with Gasteiger partial charge in [-0.3, -0.25) is 0 Å². The summed E-state index contributed by atoms with van der Waals surface area (Å²) >= 11 is 1.21. The van der Waals surface area contributed by atoms with Gasteiger partial charge >= 0.3 is 0 Å². The van der Waals surface area contributed by atoms with Crippen LogP contribution in [0.4, 0.5) is 5.00 Å². The van der Waals surface area contributed by atoms with Gasteiger partial charge in [-0.25, -0.2) is 5.84 Å². The lowest BCUT2D eigenvalue weighted by Crippen LogP contribution is -2.16. The van der Waals surface area contributed by atoms with Crippen LogP contribution in [0, 0.1) is 0 Å². The van der Waals surface area contributed by atoms with Crippen molar-refractivity contribution >= 4 is 16.5 Å². The van der Waals surface area contributed by atoms with Crippen molar-refractivity contribution in [1.29, 1.82) is 0 Å². The van der Waals surface area contributed by atoms with E-state index in [1.165, 1.54) is 11.5 Å². The van der Waals surface area contributed by atoms with Crippen LogP contribution in [0.25, 0.3) is 0 Å². The molecule has 1 atom stereocenters. The highest BCUT2D eigenvalue weighted by atomic mass is 32.1. The average Bonchev–Trinajstić information content (AvgIpc) is 2.70. The van der Waals surface area contributed by atoms with Crippen molar-refractivity contribution in [2.75, 3.05) is 18.6 Å². The molecule has 6 nitrogen and oxygen atoms in total. The Morgan fingerprint density at radius 3 is 3.07 bits per heavy atom. The van der Waals surface area contributed by atoms with E-state index in [2.05, 4.69) is 15.0 Å². The number of nitrogen functional groups attached to an aromatic ring is 1. The maximum absolute atomic E-state index is 5.51. The molecule has 0 saturated heterocycles. The minimum absolute atomic E-state index is 0.0391. The lowest BCUT2D eigenvalue weighted by Gasteiger charge is -2.11. The van der Waals surface area contributed by atoms with Crippen LogP contribution < -0.4 is 11.3 Å². The maximum Gasteiger partial charge on any atom is 0.149 e. The van der Waals surface area contributed by atoms with Crippen LogP contribution in [0.5, 0.6) is 0 Å². The molecule has 1 heterocycles. The number of hydrogen-bond acceptors (Lipinski definition) is 7. The maximum atomic E-state index is 5.51. The lowest BCUT2D eigenvalue weighted by molar-refractivity contribution is -0.0125. The summed E-state index contributed by atoms with van der Waals surface area (Å²) in [6.45, 7) is 5.57. The number of hydrazine groups is 1. The Hall–Kier alpha value is -0.760. The fourth-order valence-electron chi connectivity index (χ4n) is 0.966. The standard InChI is InChI=1S/C8H16N4O2S/c1-3-13-4-6(2)14-5-7-8(10-9)15-12-11-7/h6,10H,3-5,9H2,1-2H3. The molecule has 0 aromatic carbocycles. The number of nitrogens with two attached hydrogens (primary N) is 1. The largest absolute Gasteiger partial charge is 0.379 e. The van der Waals surface area contributed by atoms with Crippen LogP contribution in [-0.4, -0.2) is 28.9 Å². The quantitative estimate of drug-likeness (QED) is 0.533. The summed E-state index contributed by atoms with van der Waals surface area (Å²) in [6, 6.07) is 0. The van der Waals surface area contributed by atoms with Crippen LogP contribution in [0.3, 0.4) is 0 Å². The summed E-state index contributed by atoms with van der Waals surface area (Å²) < 4.78 is 14.5. The number of hydrogen-bond donors (Lipinski definition) is 2. The topological polar surface area (TPSA) is 82.3 Å². The predicted octanol–water partition coefficient (Wildman–Crippen LogP) is 0.765. The molecule has 1 rings (SSSR count). The summed E-state index contributed by atoms with van der Waals surface area (Å²) in [4.78, 5) is 0. The highest BCUT2D eigenvalue weighted by Crippen LogP contribution is 2.17. The van der Waals surface area contributed by atoms with Crippen LogP contribution >= 0.6 is 11.5 Å². The Morgan fingerprint density at radius 2 is 2.40 bits per heavy atom. The van der Waals surface area contributed by atoms with Crippen LogP contribution in [-0.2, 0) is 16.1 Å². The third-order valence-corrected chi connectivity index (χ3v) is 2.45. The molecular weight excluding hydrogens is 216 g/mol. The first-order chi connectivity index (χ1) is 7.27. The normalized spacial score (nSPS) is 12.7. The van der Waals surface area contributed by atoms with E-state index in [0.717, 1.165) is 10.7 Å². The van der Waals surface area contributed by atoms with E-state index in [9.17, 15) is 0 Å². The molecule has 0 fully saturated rings. The second kappa shape index (κ2) is 6.67. The number of aromatic nitrogens is 2. The zero-order valence-electron chi connectivity index (χ0n) is 8.90. The van der Waals surface area contributed by atoms with Gasteiger partial charge in [-0.05, 0) is 13.8 Å². The highest BCUT2D eigenvalue weighted by molar-refractivity contribution is 7.10. The summed E-state index contributed by atoms with van der Waals surface area (Å²) in [5.74, 6) is 5.28. The molecule has 1 unspecified atom stereocenters. The Bertz CT molecular complexity index is 281. The van der Waals surface area contributed by atoms with Gasteiger partial charge in [0.1, 0.15) is 10.7 Å². The van der Waals surface area contributed by atoms with Gasteiger partial charge in [0, 0.05) is 18.1 Å². The van der Waals surface area contributed by atoms with E-state index in [1.807, 2.05) is 13.8 Å². The Kier molecular flexibility index (Phi) is 5.48. The van der Waals surface area contributed by atoms with E-state index in [1.54, 1.807) is 0 Å². The second-order valence-electron chi connectivity index (χ2n) is 2.97. The molecule has 86 valence electrons. The van der Waals surface area contributed by atoms with Gasteiger partial charge in [0.2, 0.25) is 0 Å². The zero-order chi connectivity index (χ0) is 11.1. The average molecular weight is 232 g/mol. The SMILES string of the molecule is CCOCC(C)OCc1nnsc1NN. The minimum atomic E-state index is 0.0391. The van der Waals surface area contributed by atoms with Crippen molar-refractivity contribution in [3.8, 4) is 0 Å². The Morgan fingerprint density at radius 1 is 1.60 bits per heavy atom. The van der Waals surface area contributed by atoms with E-state index in [0.29, 0.717) is 19.8 Å². The summed E-state index contributed by atoms with van der Waals surface area (Å²) in [7, 11) is 0. The molecule has 15 heavy (non-hydrogen) atoms. The molecular formula is C8H16N4O2S. The van der Waals surface area contributed by atoms with Gasteiger partial charge in [-0.2, -0.15) is 0 Å². The Balaban J connectivity index is 2.30. The molecule has 0 spiro atoms. The molecule has 0 amide bonds. The molecule has 0 radical (unpaired) electrons. The van der Waals surface area contributed by atoms with Crippen molar-refractivity contribution in [3.05, 3.63) is 5.69 Å². The first-order valence-electron chi connectivity index (χ1n) is 4.75. The molecule has 0 saturated carbocycles. The molecule has 1 aromatic heterocycles. The van der Waals surface area contributed by atoms with E-state index >= 15 is 0 Å². The van der Waals surface area contributed by atoms with Gasteiger partial charge in [-0.15, -0.1) is 5.10 Å². The number of nitrogens with one attached hydrogen (secondary N) is 1. The zero-order valence-corrected chi connectivity index (χ0v) is 9.71. The molecule has 0 aliphatic carbocycles. The Labute approximate surface area is 92.9 Å². The highest BCUT2D eigenvalue weighted by Gasteiger charge is 2.09. The van der Waals surface area contributed by atoms with E-state index in [4.69, 9.17) is 15.3 Å². The van der Waals surface area contributed by atoms with Crippen LogP contribution in [0.15, 0.2) is 0 Å². The van der Waals surface area contributed by atoms with Gasteiger partial charge in [0.25, 0.3) is 0 Å². The minimum Gasteiger partial charge on any atom is -0.379 e. The molecule has 3 N–H and O–H groups in total. The number of anilines is 1. The van der Waals surface area contributed by atoms with Crippen molar-refractivity contribution in [3.63, 3.8) is 0 Å². The van der Waals surface area contributed by atoms with Crippen molar-refractivity contribution in [2.24, 2.45) is 5.84 Å². The van der Waals surface area contributed by atoms with E-state index in [-0.39, 0.29) is 6.10 Å². The van der Waals surface area contributed by atoms with Gasteiger partial charge in [0.05, 0.1) is 19.3 Å². The smallest absolute Gasteiger partial charge is 0.149 e. The lowest BCUT2D eigenvalue weighted by atomic mass is 10.4. The van der Waals surface area contributed by atoms with Gasteiger partial charge in [-0.1, -0.05) is 4.49 Å². The molecule has 7 heteroatoms. The molecule has 0 aliphatic heterocycles. The second-order valence-corrected chi connectivity index (χ2v) is 3.73. The van der Waals surface area contributed by atoms with Crippen molar-refractivity contribution in [1.82, 2.24) is 9.59 Å². The van der Waals surface area contributed by atoms with Gasteiger partial charge < -0.3 is 14.9 Å². The monoisotopic (exact) mass is 232 g/mol. The van der Waals surface area contributed by atoms with E-state index < -0.39 is 0 Å². The summed E-state index contributed by atoms with van der Waals surface area (Å²) in [5.41, 5.74) is 3.25. The van der Waals surface area contributed by atoms with Gasteiger partial charge in [0.15, 0.2) is 0 Å². The first-order valence-corrected chi connectivity index (χ1v) is 5.52. The van der Waals surface area contributed by atoms with Crippen LogP contribution in [0.1, 0.15) is 19.5 Å². The molecule has 0 aliphatic rings. The van der Waals surface area contributed by atoms with Crippen molar-refractivity contribution < 1.29 is 9.47 Å². The summed E-state index contributed by atoms with van der Waals surface area (Å²) in [5, 5.41) is 4.63. The predicted molar refractivity (Wildman–Crippen MR) is 58.5 cm³/mol. The number of nitrogens with zero attached hydrogens (tertiary/aromatic N) is 2. The molecule has 1 aromatic rings. The van der Waals surface area contributed by atoms with Crippen LogP contribution in [0.2, 0.25) is 0 Å². The third kappa shape index (κ3) is 4.08. The summed E-state index contributed by atoms with van der Waals surface area (Å²) in [6.07, 6.45) is 0.0391. The third-order valence-electron chi connectivity index (χ3n) is 1.75.